The second-order valence-electron chi connectivity index (χ2n) is 4.38. The second kappa shape index (κ2) is 4.42. The van der Waals surface area contributed by atoms with E-state index >= 15 is 0 Å². The summed E-state index contributed by atoms with van der Waals surface area (Å²) in [5.41, 5.74) is 5.08. The minimum atomic E-state index is -0.666. The number of hydrogen-bond donors (Lipinski definition) is 2. The van der Waals surface area contributed by atoms with Gasteiger partial charge in [0, 0.05) is 5.92 Å². The van der Waals surface area contributed by atoms with Gasteiger partial charge in [0.15, 0.2) is 6.23 Å². The molecule has 0 spiro atoms. The average Bonchev–Trinajstić information content (AvgIpc) is 2.87. The first-order valence-corrected chi connectivity index (χ1v) is 5.52. The Kier molecular flexibility index (Phi) is 3.12. The molecule has 94 valence electrons. The Labute approximate surface area is 98.6 Å². The summed E-state index contributed by atoms with van der Waals surface area (Å²) in [5.74, 6) is -0.303. The van der Waals surface area contributed by atoms with Gasteiger partial charge in [-0.05, 0) is 5.92 Å². The number of nitrogens with two attached hydrogens (primary N) is 1. The summed E-state index contributed by atoms with van der Waals surface area (Å²) in [7, 11) is 0. The summed E-state index contributed by atoms with van der Waals surface area (Å²) < 4.78 is 7.16. The maximum Gasteiger partial charge on any atom is 0.288 e. The molecule has 7 heteroatoms. The van der Waals surface area contributed by atoms with E-state index in [1.165, 1.54) is 11.0 Å². The Balaban J connectivity index is 2.19. The lowest BCUT2D eigenvalue weighted by Gasteiger charge is -2.15. The molecule has 2 heterocycles. The van der Waals surface area contributed by atoms with Gasteiger partial charge in [-0.3, -0.25) is 4.79 Å². The normalized spacial score (nSPS) is 32.9. The van der Waals surface area contributed by atoms with Crippen LogP contribution in [0.4, 0.5) is 0 Å². The molecule has 7 nitrogen and oxygen atoms in total. The summed E-state index contributed by atoms with van der Waals surface area (Å²) in [5, 5.41) is 13.1. The summed E-state index contributed by atoms with van der Waals surface area (Å²) >= 11 is 0. The Morgan fingerprint density at radius 2 is 2.29 bits per heavy atom. The van der Waals surface area contributed by atoms with Crippen LogP contribution in [0.15, 0.2) is 6.33 Å². The fraction of sp³-hybridized carbons (Fsp3) is 0.700. The van der Waals surface area contributed by atoms with Crippen molar-refractivity contribution in [2.24, 2.45) is 17.6 Å². The lowest BCUT2D eigenvalue weighted by atomic mass is 9.93. The Bertz CT molecular complexity index is 419. The first-order chi connectivity index (χ1) is 8.04. The molecular formula is C10H16N4O3. The topological polar surface area (TPSA) is 103 Å². The van der Waals surface area contributed by atoms with E-state index in [0.717, 1.165) is 0 Å². The predicted octanol–water partition coefficient (Wildman–Crippen LogP) is -0.461. The van der Waals surface area contributed by atoms with Crippen LogP contribution in [0, 0.1) is 11.8 Å². The number of carbonyl (C=O) groups is 1. The predicted molar refractivity (Wildman–Crippen MR) is 57.9 cm³/mol. The van der Waals surface area contributed by atoms with Gasteiger partial charge in [-0.1, -0.05) is 13.8 Å². The van der Waals surface area contributed by atoms with E-state index in [9.17, 15) is 4.79 Å². The van der Waals surface area contributed by atoms with E-state index < -0.39 is 5.91 Å². The van der Waals surface area contributed by atoms with Gasteiger partial charge in [0.05, 0.1) is 12.7 Å². The number of aromatic nitrogens is 3. The van der Waals surface area contributed by atoms with E-state index in [2.05, 4.69) is 10.1 Å². The van der Waals surface area contributed by atoms with Crippen LogP contribution in [0.25, 0.3) is 0 Å². The van der Waals surface area contributed by atoms with Gasteiger partial charge < -0.3 is 15.6 Å². The van der Waals surface area contributed by atoms with Crippen molar-refractivity contribution in [1.82, 2.24) is 14.8 Å². The fourth-order valence-electron chi connectivity index (χ4n) is 2.05. The maximum atomic E-state index is 10.9. The molecule has 1 amide bonds. The minimum Gasteiger partial charge on any atom is -0.394 e. The third-order valence-corrected chi connectivity index (χ3v) is 3.35. The largest absolute Gasteiger partial charge is 0.394 e. The number of rotatable bonds is 3. The van der Waals surface area contributed by atoms with Crippen LogP contribution in [-0.2, 0) is 4.74 Å². The lowest BCUT2D eigenvalue weighted by Crippen LogP contribution is -2.19. The molecule has 2 rings (SSSR count). The van der Waals surface area contributed by atoms with Gasteiger partial charge in [0.1, 0.15) is 6.33 Å². The van der Waals surface area contributed by atoms with Crippen LogP contribution in [0.2, 0.25) is 0 Å². The highest BCUT2D eigenvalue weighted by atomic mass is 16.5. The molecule has 0 bridgehead atoms. The smallest absolute Gasteiger partial charge is 0.288 e. The monoisotopic (exact) mass is 240 g/mol. The van der Waals surface area contributed by atoms with Crippen LogP contribution in [0.1, 0.15) is 30.7 Å². The van der Waals surface area contributed by atoms with Crippen LogP contribution in [0.5, 0.6) is 0 Å². The molecule has 1 unspecified atom stereocenters. The molecule has 0 radical (unpaired) electrons. The van der Waals surface area contributed by atoms with Crippen molar-refractivity contribution in [1.29, 1.82) is 0 Å². The summed E-state index contributed by atoms with van der Waals surface area (Å²) in [6, 6.07) is 0. The first-order valence-electron chi connectivity index (χ1n) is 5.52. The SMILES string of the molecule is CC1[C@@H](CO)O[C@@H](n2cnc(C(N)=O)n2)[C@H]1C. The number of nitrogens with zero attached hydrogens (tertiary/aromatic N) is 3. The molecule has 3 N–H and O–H groups in total. The van der Waals surface area contributed by atoms with Crippen molar-refractivity contribution in [3.8, 4) is 0 Å². The van der Waals surface area contributed by atoms with E-state index in [0.29, 0.717) is 0 Å². The Morgan fingerprint density at radius 3 is 2.76 bits per heavy atom. The van der Waals surface area contributed by atoms with E-state index in [1.807, 2.05) is 13.8 Å². The molecule has 1 aliphatic heterocycles. The summed E-state index contributed by atoms with van der Waals surface area (Å²) in [6.45, 7) is 3.99. The van der Waals surface area contributed by atoms with Crippen LogP contribution in [0.3, 0.4) is 0 Å². The van der Waals surface area contributed by atoms with Crippen molar-refractivity contribution in [2.75, 3.05) is 6.61 Å². The maximum absolute atomic E-state index is 10.9. The zero-order valence-corrected chi connectivity index (χ0v) is 9.78. The molecule has 0 aliphatic carbocycles. The number of hydrogen-bond acceptors (Lipinski definition) is 5. The molecule has 0 saturated carbocycles. The quantitative estimate of drug-likeness (QED) is 0.744. The molecule has 1 aromatic heterocycles. The number of carbonyl (C=O) groups excluding carboxylic acids is 1. The van der Waals surface area contributed by atoms with Gasteiger partial charge in [-0.15, -0.1) is 5.10 Å². The standard InChI is InChI=1S/C10H16N4O3/c1-5-6(2)10(17-7(5)3-15)14-4-12-9(13-14)8(11)16/h4-7,10,15H,3H2,1-2H3,(H2,11,16)/t5?,6-,7+,10+/m0/s1. The van der Waals surface area contributed by atoms with Gasteiger partial charge in [-0.2, -0.15) is 0 Å². The minimum absolute atomic E-state index is 0.0269. The molecule has 4 atom stereocenters. The highest BCUT2D eigenvalue weighted by molar-refractivity contribution is 5.88. The second-order valence-corrected chi connectivity index (χ2v) is 4.38. The van der Waals surface area contributed by atoms with Crippen LogP contribution < -0.4 is 5.73 Å². The van der Waals surface area contributed by atoms with Crippen molar-refractivity contribution in [2.45, 2.75) is 26.2 Å². The molecular weight excluding hydrogens is 224 g/mol. The van der Waals surface area contributed by atoms with E-state index in [-0.39, 0.29) is 36.6 Å². The van der Waals surface area contributed by atoms with Gasteiger partial charge in [0.25, 0.3) is 5.91 Å². The number of amides is 1. The Morgan fingerprint density at radius 1 is 1.59 bits per heavy atom. The van der Waals surface area contributed by atoms with E-state index in [1.54, 1.807) is 0 Å². The van der Waals surface area contributed by atoms with E-state index in [4.69, 9.17) is 15.6 Å². The average molecular weight is 240 g/mol. The van der Waals surface area contributed by atoms with Gasteiger partial charge in [0.2, 0.25) is 5.82 Å². The highest BCUT2D eigenvalue weighted by Gasteiger charge is 2.40. The lowest BCUT2D eigenvalue weighted by molar-refractivity contribution is -0.0413. The van der Waals surface area contributed by atoms with Gasteiger partial charge in [-0.25, -0.2) is 9.67 Å². The van der Waals surface area contributed by atoms with Crippen molar-refractivity contribution in [3.05, 3.63) is 12.2 Å². The highest BCUT2D eigenvalue weighted by Crippen LogP contribution is 2.37. The number of ether oxygens (including phenoxy) is 1. The Hall–Kier alpha value is -1.47. The number of aliphatic hydroxyl groups excluding tert-OH is 1. The molecule has 1 fully saturated rings. The summed E-state index contributed by atoms with van der Waals surface area (Å²) in [6.07, 6.45) is 0.896. The number of aliphatic hydroxyl groups is 1. The molecule has 17 heavy (non-hydrogen) atoms. The van der Waals surface area contributed by atoms with Crippen LogP contribution >= 0.6 is 0 Å². The van der Waals surface area contributed by atoms with Crippen molar-refractivity contribution >= 4 is 5.91 Å². The molecule has 1 aliphatic rings. The first kappa shape index (κ1) is 12.0. The fourth-order valence-corrected chi connectivity index (χ4v) is 2.05. The van der Waals surface area contributed by atoms with Crippen molar-refractivity contribution < 1.29 is 14.6 Å². The van der Waals surface area contributed by atoms with Crippen LogP contribution in [-0.4, -0.2) is 38.5 Å². The van der Waals surface area contributed by atoms with Gasteiger partial charge >= 0.3 is 0 Å². The van der Waals surface area contributed by atoms with Crippen molar-refractivity contribution in [3.63, 3.8) is 0 Å². The molecule has 0 aromatic carbocycles. The summed E-state index contributed by atoms with van der Waals surface area (Å²) in [4.78, 5) is 14.7. The zero-order chi connectivity index (χ0) is 12.6. The molecule has 1 saturated heterocycles. The number of primary amides is 1. The molecule has 1 aromatic rings. The zero-order valence-electron chi connectivity index (χ0n) is 9.78. The third-order valence-electron chi connectivity index (χ3n) is 3.35. The third kappa shape index (κ3) is 2.03.